The van der Waals surface area contributed by atoms with Crippen molar-refractivity contribution in [3.63, 3.8) is 0 Å². The van der Waals surface area contributed by atoms with E-state index in [1.807, 2.05) is 0 Å². The third-order valence-electron chi connectivity index (χ3n) is 6.40. The van der Waals surface area contributed by atoms with Crippen LogP contribution in [0.4, 0.5) is 0 Å². The summed E-state index contributed by atoms with van der Waals surface area (Å²) >= 11 is 0.861. The molecule has 0 aromatic carbocycles. The fraction of sp³-hybridized carbons (Fsp3) is 0.846. The first-order valence-corrected chi connectivity index (χ1v) is 20.1. The summed E-state index contributed by atoms with van der Waals surface area (Å²) in [4.78, 5) is 0. The van der Waals surface area contributed by atoms with Crippen LogP contribution in [0.3, 0.4) is 0 Å². The van der Waals surface area contributed by atoms with E-state index in [2.05, 4.69) is 123 Å². The zero-order valence-corrected chi connectivity index (χ0v) is 26.4. The van der Waals surface area contributed by atoms with Crippen molar-refractivity contribution in [2.75, 3.05) is 12.3 Å². The summed E-state index contributed by atoms with van der Waals surface area (Å²) < 4.78 is 0. The van der Waals surface area contributed by atoms with Gasteiger partial charge in [-0.25, -0.2) is 0 Å². The molecule has 0 nitrogen and oxygen atoms in total. The van der Waals surface area contributed by atoms with Crippen LogP contribution in [0.25, 0.3) is 0 Å². The minimum atomic E-state index is -1.68. The Balaban J connectivity index is 7.13. The summed E-state index contributed by atoms with van der Waals surface area (Å²) in [5, 5.41) is 1.58. The molecule has 0 aromatic heterocycles. The molecule has 3 heteroatoms. The molecule has 0 bridgehead atoms. The standard InChI is InChI=1S/2C13H27P.Pd/c2*1-11(2)9-10-14(12(3,4)5)13(6,7)8;/h2*9H,10H2,1-8H3;/q;;-2/p+2. The number of allylic oxidation sites excluding steroid dienone is 4. The maximum atomic E-state index is 2.60. The molecule has 0 amide bonds. The van der Waals surface area contributed by atoms with E-state index in [-0.39, 0.29) is 0 Å². The van der Waals surface area contributed by atoms with Gasteiger partial charge in [-0.05, 0) is 0 Å². The van der Waals surface area contributed by atoms with E-state index in [1.54, 1.807) is 0 Å². The third kappa shape index (κ3) is 6.99. The summed E-state index contributed by atoms with van der Waals surface area (Å²) in [7, 11) is 0. The van der Waals surface area contributed by atoms with Crippen LogP contribution >= 0.6 is 10.9 Å². The Kier molecular flexibility index (Phi) is 10.2. The normalized spacial score (nSPS) is 15.9. The molecule has 0 aromatic rings. The molecule has 0 aliphatic carbocycles. The number of hydrogen-bond donors (Lipinski definition) is 0. The van der Waals surface area contributed by atoms with Gasteiger partial charge in [0.05, 0.1) is 0 Å². The van der Waals surface area contributed by atoms with Crippen molar-refractivity contribution in [1.82, 2.24) is 0 Å². The number of rotatable bonds is 6. The molecule has 0 unspecified atom stereocenters. The van der Waals surface area contributed by atoms with Crippen molar-refractivity contribution in [1.29, 1.82) is 0 Å². The first-order valence-electron chi connectivity index (χ1n) is 11.4. The average Bonchev–Trinajstić information content (AvgIpc) is 2.40. The molecule has 0 saturated heterocycles. The van der Waals surface area contributed by atoms with Gasteiger partial charge in [0.1, 0.15) is 0 Å². The molecule has 180 valence electrons. The van der Waals surface area contributed by atoms with Crippen LogP contribution < -0.4 is 0 Å². The van der Waals surface area contributed by atoms with Crippen LogP contribution in [-0.4, -0.2) is 32.9 Å². The summed E-state index contributed by atoms with van der Waals surface area (Å²) in [6, 6.07) is 0. The second kappa shape index (κ2) is 9.87. The van der Waals surface area contributed by atoms with E-state index in [0.717, 1.165) is 17.0 Å². The molecule has 29 heavy (non-hydrogen) atoms. The second-order valence-corrected chi connectivity index (χ2v) is 35.4. The average molecular weight is 537 g/mol. The SMILES string of the molecule is CC(C)=CC[PH]([Pd][PH](CC=C(C)C)(C(C)(C)C)C(C)(C)C)(C(C)(C)C)C(C)(C)C. The monoisotopic (exact) mass is 536 g/mol. The zero-order chi connectivity index (χ0) is 23.7. The van der Waals surface area contributed by atoms with Gasteiger partial charge in [0.2, 0.25) is 0 Å². The summed E-state index contributed by atoms with van der Waals surface area (Å²) in [6.07, 6.45) is 7.89. The van der Waals surface area contributed by atoms with Crippen molar-refractivity contribution in [2.45, 2.75) is 131 Å². The second-order valence-electron chi connectivity index (χ2n) is 13.5. The Morgan fingerprint density at radius 3 is 0.862 bits per heavy atom. The predicted molar refractivity (Wildman–Crippen MR) is 144 cm³/mol. The van der Waals surface area contributed by atoms with E-state index in [1.165, 1.54) is 23.5 Å². The molecule has 0 saturated carbocycles. The van der Waals surface area contributed by atoms with Gasteiger partial charge < -0.3 is 0 Å². The van der Waals surface area contributed by atoms with Crippen molar-refractivity contribution < 1.29 is 17.0 Å². The Morgan fingerprint density at radius 2 is 0.724 bits per heavy atom. The summed E-state index contributed by atoms with van der Waals surface area (Å²) in [5.41, 5.74) is -0.379. The Morgan fingerprint density at radius 1 is 0.517 bits per heavy atom. The zero-order valence-electron chi connectivity index (χ0n) is 22.9. The van der Waals surface area contributed by atoms with E-state index < -0.39 is 10.9 Å². The van der Waals surface area contributed by atoms with E-state index in [4.69, 9.17) is 0 Å². The van der Waals surface area contributed by atoms with Gasteiger partial charge in [0.15, 0.2) is 0 Å². The van der Waals surface area contributed by atoms with E-state index in [9.17, 15) is 0 Å². The molecule has 0 spiro atoms. The third-order valence-corrected chi connectivity index (χ3v) is 47.0. The van der Waals surface area contributed by atoms with Gasteiger partial charge in [-0.1, -0.05) is 0 Å². The van der Waals surface area contributed by atoms with Crippen LogP contribution in [0.1, 0.15) is 111 Å². The Hall–Kier alpha value is 1.00. The van der Waals surface area contributed by atoms with Gasteiger partial charge >= 0.3 is 195 Å². The molecule has 0 heterocycles. The van der Waals surface area contributed by atoms with Crippen LogP contribution in [0, 0.1) is 0 Å². The minimum absolute atomic E-state index is 0.394. The fourth-order valence-electron chi connectivity index (χ4n) is 4.92. The van der Waals surface area contributed by atoms with Crippen molar-refractivity contribution in [2.24, 2.45) is 0 Å². The quantitative estimate of drug-likeness (QED) is 0.180. The topological polar surface area (TPSA) is 0 Å². The molecule has 0 atom stereocenters. The van der Waals surface area contributed by atoms with Crippen molar-refractivity contribution in [3.8, 4) is 0 Å². The molecule has 0 fully saturated rings. The van der Waals surface area contributed by atoms with E-state index in [0.29, 0.717) is 20.6 Å². The van der Waals surface area contributed by atoms with Gasteiger partial charge in [-0.2, -0.15) is 0 Å². The summed E-state index contributed by atoms with van der Waals surface area (Å²) in [6.45, 7) is 40.1. The molecule has 0 aliphatic heterocycles. The molecule has 0 aliphatic rings. The Bertz CT molecular complexity index is 509. The van der Waals surface area contributed by atoms with Crippen molar-refractivity contribution >= 4 is 10.9 Å². The van der Waals surface area contributed by atoms with Gasteiger partial charge in [-0.3, -0.25) is 0 Å². The van der Waals surface area contributed by atoms with Crippen molar-refractivity contribution in [3.05, 3.63) is 23.3 Å². The molecular weight excluding hydrogens is 481 g/mol. The molecular formula is C26H56P2Pd. The molecule has 0 rings (SSSR count). The van der Waals surface area contributed by atoms with Crippen LogP contribution in [0.2, 0.25) is 0 Å². The van der Waals surface area contributed by atoms with Crippen LogP contribution in [0.5, 0.6) is 0 Å². The van der Waals surface area contributed by atoms with Gasteiger partial charge in [-0.15, -0.1) is 0 Å². The van der Waals surface area contributed by atoms with Crippen LogP contribution in [0.15, 0.2) is 23.3 Å². The summed E-state index contributed by atoms with van der Waals surface area (Å²) in [5.74, 6) is 0. The fourth-order valence-corrected chi connectivity index (χ4v) is 54.4. The molecule has 0 radical (unpaired) electrons. The predicted octanol–water partition coefficient (Wildman–Crippen LogP) is 9.53. The van der Waals surface area contributed by atoms with Crippen LogP contribution in [-0.2, 0) is 17.0 Å². The van der Waals surface area contributed by atoms with Gasteiger partial charge in [0.25, 0.3) is 0 Å². The molecule has 0 N–H and O–H groups in total. The van der Waals surface area contributed by atoms with E-state index >= 15 is 0 Å². The van der Waals surface area contributed by atoms with Gasteiger partial charge in [0, 0.05) is 0 Å². The Labute approximate surface area is 194 Å². The maximum absolute atomic E-state index is 2.60. The first kappa shape index (κ1) is 30.0. The first-order chi connectivity index (χ1) is 12.5. The number of hydrogen-bond acceptors (Lipinski definition) is 0.